The van der Waals surface area contributed by atoms with E-state index in [1.54, 1.807) is 0 Å². The Hall–Kier alpha value is -1.90. The number of aryl methyl sites for hydroxylation is 1. The molecule has 1 saturated heterocycles. The van der Waals surface area contributed by atoms with Gasteiger partial charge in [0.1, 0.15) is 0 Å². The lowest BCUT2D eigenvalue weighted by atomic mass is 9.74. The van der Waals surface area contributed by atoms with Crippen LogP contribution in [-0.2, 0) is 23.1 Å². The highest BCUT2D eigenvalue weighted by Crippen LogP contribution is 2.47. The molecule has 7 heteroatoms. The van der Waals surface area contributed by atoms with E-state index in [1.807, 2.05) is 12.1 Å². The second-order valence-electron chi connectivity index (χ2n) is 7.71. The van der Waals surface area contributed by atoms with E-state index in [9.17, 15) is 9.59 Å². The minimum atomic E-state index is -0.460. The van der Waals surface area contributed by atoms with Gasteiger partial charge >= 0.3 is 0 Å². The van der Waals surface area contributed by atoms with E-state index in [4.69, 9.17) is 4.98 Å². The van der Waals surface area contributed by atoms with E-state index in [0.29, 0.717) is 19.0 Å². The van der Waals surface area contributed by atoms with Crippen LogP contribution >= 0.6 is 22.6 Å². The molecule has 2 aromatic rings. The van der Waals surface area contributed by atoms with Gasteiger partial charge in [0, 0.05) is 33.5 Å². The van der Waals surface area contributed by atoms with Crippen LogP contribution in [0.25, 0.3) is 0 Å². The lowest BCUT2D eigenvalue weighted by Crippen LogP contribution is -2.47. The number of carbonyl (C=O) groups is 1. The Balaban J connectivity index is 1.44. The second kappa shape index (κ2) is 6.32. The number of aromatic amines is 1. The number of amides is 1. The van der Waals surface area contributed by atoms with E-state index < -0.39 is 5.41 Å². The van der Waals surface area contributed by atoms with Crippen LogP contribution in [0.15, 0.2) is 23.0 Å². The molecule has 6 nitrogen and oxygen atoms in total. The summed E-state index contributed by atoms with van der Waals surface area (Å²) in [7, 11) is 0. The quantitative estimate of drug-likeness (QED) is 0.621. The monoisotopic (exact) mass is 476 g/mol. The van der Waals surface area contributed by atoms with Crippen LogP contribution in [0, 0.1) is 3.57 Å². The first-order chi connectivity index (χ1) is 13.1. The predicted octanol–water partition coefficient (Wildman–Crippen LogP) is 2.74. The lowest BCUT2D eigenvalue weighted by Gasteiger charge is -2.38. The second-order valence-corrected chi connectivity index (χ2v) is 8.87. The number of rotatable bonds is 1. The molecule has 1 aliphatic carbocycles. The van der Waals surface area contributed by atoms with Gasteiger partial charge in [0.15, 0.2) is 0 Å². The van der Waals surface area contributed by atoms with Gasteiger partial charge in [0.25, 0.3) is 5.56 Å². The predicted molar refractivity (Wildman–Crippen MR) is 112 cm³/mol. The third-order valence-electron chi connectivity index (χ3n) is 6.27. The molecule has 3 aliphatic rings. The normalized spacial score (nSPS) is 20.3. The molecule has 3 heterocycles. The van der Waals surface area contributed by atoms with Crippen molar-refractivity contribution in [1.29, 1.82) is 0 Å². The van der Waals surface area contributed by atoms with Crippen LogP contribution < -0.4 is 15.8 Å². The Bertz CT molecular complexity index is 992. The number of carbonyl (C=O) groups excluding carboxylic acids is 1. The van der Waals surface area contributed by atoms with Crippen molar-refractivity contribution < 1.29 is 4.79 Å². The van der Waals surface area contributed by atoms with Crippen LogP contribution in [0.4, 0.5) is 11.6 Å². The van der Waals surface area contributed by atoms with Gasteiger partial charge in [-0.25, -0.2) is 4.98 Å². The third kappa shape index (κ3) is 2.61. The molecule has 2 N–H and O–H groups in total. The zero-order valence-corrected chi connectivity index (χ0v) is 17.1. The van der Waals surface area contributed by atoms with E-state index in [2.05, 4.69) is 43.9 Å². The molecule has 0 bridgehead atoms. The smallest absolute Gasteiger partial charge is 0.255 e. The highest BCUT2D eigenvalue weighted by Gasteiger charge is 2.49. The van der Waals surface area contributed by atoms with Crippen molar-refractivity contribution in [3.8, 4) is 0 Å². The first-order valence-corrected chi connectivity index (χ1v) is 10.6. The number of benzene rings is 1. The number of hydrogen-bond acceptors (Lipinski definition) is 4. The number of piperidine rings is 1. The number of nitrogens with one attached hydrogen (secondary N) is 2. The molecule has 27 heavy (non-hydrogen) atoms. The van der Waals surface area contributed by atoms with Gasteiger partial charge in [0.2, 0.25) is 11.9 Å². The molecular formula is C20H21IN4O2. The number of aromatic nitrogens is 2. The molecule has 1 aromatic carbocycles. The van der Waals surface area contributed by atoms with Crippen LogP contribution in [-0.4, -0.2) is 29.0 Å². The first kappa shape index (κ1) is 17.2. The average Bonchev–Trinajstić information content (AvgIpc) is 2.95. The number of halogens is 1. The Morgan fingerprint density at radius 1 is 1.11 bits per heavy atom. The molecule has 2 aliphatic heterocycles. The standard InChI is InChI=1S/C20H21IN4O2/c21-13-5-3-7-15-16(13)20(18(27)22-15)8-10-25(11-9-20)19-23-14-6-2-1-4-12(14)17(26)24-19/h3,5,7H,1-2,4,6,8-11H2,(H,22,27)(H,23,24,26). The van der Waals surface area contributed by atoms with Gasteiger partial charge in [-0.3, -0.25) is 14.6 Å². The van der Waals surface area contributed by atoms with Crippen molar-refractivity contribution in [3.63, 3.8) is 0 Å². The minimum Gasteiger partial charge on any atom is -0.342 e. The van der Waals surface area contributed by atoms with Crippen molar-refractivity contribution in [2.45, 2.75) is 43.9 Å². The molecule has 1 spiro atoms. The van der Waals surface area contributed by atoms with Gasteiger partial charge in [-0.2, -0.15) is 0 Å². The maximum absolute atomic E-state index is 12.8. The molecule has 0 saturated carbocycles. The first-order valence-electron chi connectivity index (χ1n) is 9.56. The Labute approximate surface area is 170 Å². The third-order valence-corrected chi connectivity index (χ3v) is 7.17. The summed E-state index contributed by atoms with van der Waals surface area (Å²) >= 11 is 2.33. The average molecular weight is 476 g/mol. The molecule has 0 radical (unpaired) electrons. The van der Waals surface area contributed by atoms with Crippen LogP contribution in [0.2, 0.25) is 0 Å². The lowest BCUT2D eigenvalue weighted by molar-refractivity contribution is -0.121. The highest BCUT2D eigenvalue weighted by molar-refractivity contribution is 14.1. The molecular weight excluding hydrogens is 455 g/mol. The molecule has 0 atom stereocenters. The molecule has 5 rings (SSSR count). The van der Waals surface area contributed by atoms with E-state index in [1.165, 1.54) is 0 Å². The minimum absolute atomic E-state index is 0.00786. The SMILES string of the molecule is O=C1Nc2cccc(I)c2C12CCN(c1nc3c(c(=O)[nH]1)CCCC3)CC2. The van der Waals surface area contributed by atoms with Crippen LogP contribution in [0.5, 0.6) is 0 Å². The van der Waals surface area contributed by atoms with Gasteiger partial charge in [0.05, 0.1) is 11.1 Å². The maximum Gasteiger partial charge on any atom is 0.255 e. The number of nitrogens with zero attached hydrogens (tertiary/aromatic N) is 2. The molecule has 1 fully saturated rings. The highest BCUT2D eigenvalue weighted by atomic mass is 127. The number of H-pyrrole nitrogens is 1. The van der Waals surface area contributed by atoms with E-state index in [-0.39, 0.29) is 11.5 Å². The van der Waals surface area contributed by atoms with Crippen LogP contribution in [0.1, 0.15) is 42.5 Å². The zero-order valence-electron chi connectivity index (χ0n) is 15.0. The van der Waals surface area contributed by atoms with E-state index >= 15 is 0 Å². The molecule has 0 unspecified atom stereocenters. The fourth-order valence-corrected chi connectivity index (χ4v) is 5.80. The van der Waals surface area contributed by atoms with Gasteiger partial charge in [-0.15, -0.1) is 0 Å². The summed E-state index contributed by atoms with van der Waals surface area (Å²) in [5.41, 5.74) is 3.45. The summed E-state index contributed by atoms with van der Waals surface area (Å²) in [6.45, 7) is 1.42. The Morgan fingerprint density at radius 3 is 2.70 bits per heavy atom. The van der Waals surface area contributed by atoms with Crippen molar-refractivity contribution in [1.82, 2.24) is 9.97 Å². The zero-order chi connectivity index (χ0) is 18.6. The van der Waals surface area contributed by atoms with Crippen molar-refractivity contribution in [3.05, 3.63) is 48.9 Å². The van der Waals surface area contributed by atoms with E-state index in [0.717, 1.165) is 64.6 Å². The van der Waals surface area contributed by atoms with Gasteiger partial charge < -0.3 is 10.2 Å². The fraction of sp³-hybridized carbons (Fsp3) is 0.450. The molecule has 140 valence electrons. The fourth-order valence-electron chi connectivity index (χ4n) is 4.79. The van der Waals surface area contributed by atoms with Crippen molar-refractivity contribution in [2.24, 2.45) is 0 Å². The number of anilines is 2. The summed E-state index contributed by atoms with van der Waals surface area (Å²) in [6, 6.07) is 6.03. The summed E-state index contributed by atoms with van der Waals surface area (Å²) in [6.07, 6.45) is 5.34. The Kier molecular flexibility index (Phi) is 4.03. The van der Waals surface area contributed by atoms with Gasteiger partial charge in [-0.1, -0.05) is 6.07 Å². The largest absolute Gasteiger partial charge is 0.342 e. The number of fused-ring (bicyclic) bond motifs is 3. The maximum atomic E-state index is 12.8. The van der Waals surface area contributed by atoms with Gasteiger partial charge in [-0.05, 0) is 73.2 Å². The van der Waals surface area contributed by atoms with Crippen molar-refractivity contribution in [2.75, 3.05) is 23.3 Å². The summed E-state index contributed by atoms with van der Waals surface area (Å²) in [5, 5.41) is 3.07. The van der Waals surface area contributed by atoms with Crippen LogP contribution in [0.3, 0.4) is 0 Å². The molecule has 1 aromatic heterocycles. The summed E-state index contributed by atoms with van der Waals surface area (Å²) in [5.74, 6) is 0.769. The summed E-state index contributed by atoms with van der Waals surface area (Å²) in [4.78, 5) is 35.2. The Morgan fingerprint density at radius 2 is 1.89 bits per heavy atom. The molecule has 1 amide bonds. The van der Waals surface area contributed by atoms with Crippen molar-refractivity contribution >= 4 is 40.1 Å². The summed E-state index contributed by atoms with van der Waals surface area (Å²) < 4.78 is 1.14. The topological polar surface area (TPSA) is 78.1 Å². The number of hydrogen-bond donors (Lipinski definition) is 2.